The van der Waals surface area contributed by atoms with E-state index in [1.807, 2.05) is 36.1 Å². The fourth-order valence-corrected chi connectivity index (χ4v) is 2.75. The highest BCUT2D eigenvalue weighted by molar-refractivity contribution is 5.54. The minimum absolute atomic E-state index is 0.00960. The lowest BCUT2D eigenvalue weighted by Gasteiger charge is -2.18. The fourth-order valence-electron chi connectivity index (χ4n) is 2.75. The van der Waals surface area contributed by atoms with Crippen molar-refractivity contribution in [3.63, 3.8) is 0 Å². The molecule has 2 aromatic carbocycles. The van der Waals surface area contributed by atoms with Gasteiger partial charge >= 0.3 is 6.61 Å². The van der Waals surface area contributed by atoms with Gasteiger partial charge in [-0.2, -0.15) is 8.78 Å². The number of benzene rings is 2. The lowest BCUT2D eigenvalue weighted by atomic mass is 10.1. The quantitative estimate of drug-likeness (QED) is 0.442. The van der Waals surface area contributed by atoms with Crippen LogP contribution in [0.1, 0.15) is 18.1 Å². The summed E-state index contributed by atoms with van der Waals surface area (Å²) in [5, 5.41) is 11.4. The van der Waals surface area contributed by atoms with E-state index in [2.05, 4.69) is 4.74 Å². The Hall–Kier alpha value is -2.94. The zero-order valence-electron chi connectivity index (χ0n) is 15.9. The van der Waals surface area contributed by atoms with E-state index in [0.29, 0.717) is 18.7 Å². The topological polar surface area (TPSA) is 74.1 Å². The molecule has 0 amide bonds. The van der Waals surface area contributed by atoms with Crippen molar-refractivity contribution in [1.82, 2.24) is 4.90 Å². The summed E-state index contributed by atoms with van der Waals surface area (Å²) in [6.45, 7) is 0.119. The number of nitrogens with zero attached hydrogens (tertiary/aromatic N) is 2. The third-order valence-corrected chi connectivity index (χ3v) is 3.90. The van der Waals surface area contributed by atoms with Crippen LogP contribution in [0.4, 0.5) is 14.5 Å². The average molecular weight is 396 g/mol. The Morgan fingerprint density at radius 1 is 1.14 bits per heavy atom. The average Bonchev–Trinajstić information content (AvgIpc) is 2.63. The molecule has 2 aromatic rings. The van der Waals surface area contributed by atoms with Crippen LogP contribution < -0.4 is 14.2 Å². The highest BCUT2D eigenvalue weighted by atomic mass is 19.3. The number of ether oxygens (including phenoxy) is 3. The molecule has 0 saturated carbocycles. The van der Waals surface area contributed by atoms with Crippen molar-refractivity contribution in [2.45, 2.75) is 26.6 Å². The van der Waals surface area contributed by atoms with Crippen LogP contribution in [-0.4, -0.2) is 37.2 Å². The summed E-state index contributed by atoms with van der Waals surface area (Å²) in [5.74, 6) is 0.404. The second kappa shape index (κ2) is 9.84. The lowest BCUT2D eigenvalue weighted by Crippen LogP contribution is -2.18. The van der Waals surface area contributed by atoms with Gasteiger partial charge in [-0.05, 0) is 37.7 Å². The summed E-state index contributed by atoms with van der Waals surface area (Å²) >= 11 is 0. The van der Waals surface area contributed by atoms with Crippen molar-refractivity contribution in [2.24, 2.45) is 0 Å². The summed E-state index contributed by atoms with van der Waals surface area (Å²) < 4.78 is 39.8. The minimum atomic E-state index is -3.11. The van der Waals surface area contributed by atoms with Crippen LogP contribution in [0.25, 0.3) is 0 Å². The van der Waals surface area contributed by atoms with Crippen LogP contribution in [-0.2, 0) is 13.1 Å². The minimum Gasteiger partial charge on any atom is -0.494 e. The molecule has 0 bridgehead atoms. The van der Waals surface area contributed by atoms with Gasteiger partial charge in [0.1, 0.15) is 5.75 Å². The van der Waals surface area contributed by atoms with Crippen molar-refractivity contribution < 1.29 is 27.9 Å². The van der Waals surface area contributed by atoms with Crippen molar-refractivity contribution in [3.8, 4) is 17.2 Å². The van der Waals surface area contributed by atoms with Crippen molar-refractivity contribution in [3.05, 3.63) is 57.6 Å². The highest BCUT2D eigenvalue weighted by Crippen LogP contribution is 2.36. The maximum Gasteiger partial charge on any atom is 0.387 e. The molecule has 152 valence electrons. The predicted octanol–water partition coefficient (Wildman–Crippen LogP) is 4.24. The molecule has 7 nitrogen and oxygen atoms in total. The Morgan fingerprint density at radius 3 is 2.36 bits per heavy atom. The van der Waals surface area contributed by atoms with Gasteiger partial charge in [0.15, 0.2) is 11.5 Å². The molecule has 28 heavy (non-hydrogen) atoms. The van der Waals surface area contributed by atoms with Crippen LogP contribution in [0.2, 0.25) is 0 Å². The fraction of sp³-hybridized carbons (Fsp3) is 0.368. The van der Waals surface area contributed by atoms with Crippen LogP contribution >= 0.6 is 0 Å². The Bertz CT molecular complexity index is 800. The summed E-state index contributed by atoms with van der Waals surface area (Å²) in [6.07, 6.45) is 0. The highest BCUT2D eigenvalue weighted by Gasteiger charge is 2.22. The molecule has 0 aliphatic rings. The Morgan fingerprint density at radius 2 is 1.82 bits per heavy atom. The SMILES string of the molecule is CCOc1ccc(CN(C)Cc2cc(OC)c(OC(F)F)cc2[N+](=O)[O-])cc1. The van der Waals surface area contributed by atoms with Gasteiger partial charge in [0.25, 0.3) is 5.69 Å². The number of hydrogen-bond acceptors (Lipinski definition) is 6. The van der Waals surface area contributed by atoms with Gasteiger partial charge < -0.3 is 14.2 Å². The first-order chi connectivity index (χ1) is 13.3. The molecular weight excluding hydrogens is 374 g/mol. The molecule has 0 unspecified atom stereocenters. The Balaban J connectivity index is 2.19. The molecule has 0 N–H and O–H groups in total. The molecule has 0 radical (unpaired) electrons. The number of alkyl halides is 2. The predicted molar refractivity (Wildman–Crippen MR) is 99.1 cm³/mol. The van der Waals surface area contributed by atoms with E-state index in [9.17, 15) is 18.9 Å². The molecule has 2 rings (SSSR count). The molecule has 0 atom stereocenters. The van der Waals surface area contributed by atoms with Gasteiger partial charge in [-0.25, -0.2) is 0 Å². The van der Waals surface area contributed by atoms with E-state index in [1.165, 1.54) is 13.2 Å². The number of hydrogen-bond donors (Lipinski definition) is 0. The normalized spacial score (nSPS) is 11.0. The smallest absolute Gasteiger partial charge is 0.387 e. The van der Waals surface area contributed by atoms with E-state index < -0.39 is 11.5 Å². The summed E-state index contributed by atoms with van der Waals surface area (Å²) in [7, 11) is 3.09. The zero-order chi connectivity index (χ0) is 20.7. The second-order valence-electron chi connectivity index (χ2n) is 6.02. The van der Waals surface area contributed by atoms with Gasteiger partial charge in [0.05, 0.1) is 24.7 Å². The summed E-state index contributed by atoms with van der Waals surface area (Å²) in [6, 6.07) is 9.85. The third-order valence-electron chi connectivity index (χ3n) is 3.90. The van der Waals surface area contributed by atoms with Crippen LogP contribution in [0, 0.1) is 10.1 Å². The molecule has 0 fully saturated rings. The Kier molecular flexibility index (Phi) is 7.51. The number of halogens is 2. The molecule has 0 saturated heterocycles. The largest absolute Gasteiger partial charge is 0.494 e. The standard InChI is InChI=1S/C19H22F2N2O5/c1-4-27-15-7-5-13(6-8-15)11-22(2)12-14-9-17(26-3)18(28-19(20)21)10-16(14)23(24)25/h5-10,19H,4,11-12H2,1-3H3. The van der Waals surface area contributed by atoms with Crippen LogP contribution in [0.3, 0.4) is 0 Å². The molecule has 9 heteroatoms. The molecule has 0 aromatic heterocycles. The molecular formula is C19H22F2N2O5. The first-order valence-electron chi connectivity index (χ1n) is 8.54. The first kappa shape index (κ1) is 21.4. The van der Waals surface area contributed by atoms with E-state index in [-0.39, 0.29) is 23.7 Å². The van der Waals surface area contributed by atoms with Crippen molar-refractivity contribution in [1.29, 1.82) is 0 Å². The maximum atomic E-state index is 12.5. The Labute approximate surface area is 161 Å². The monoisotopic (exact) mass is 396 g/mol. The summed E-state index contributed by atoms with van der Waals surface area (Å²) in [5.41, 5.74) is 1.02. The van der Waals surface area contributed by atoms with Gasteiger partial charge in [0.2, 0.25) is 0 Å². The maximum absolute atomic E-state index is 12.5. The van der Waals surface area contributed by atoms with E-state index in [4.69, 9.17) is 9.47 Å². The molecule has 0 heterocycles. The number of nitro benzene ring substituents is 1. The van der Waals surface area contributed by atoms with Crippen LogP contribution in [0.15, 0.2) is 36.4 Å². The van der Waals surface area contributed by atoms with Gasteiger partial charge in [-0.15, -0.1) is 0 Å². The van der Waals surface area contributed by atoms with E-state index in [0.717, 1.165) is 17.4 Å². The molecule has 0 aliphatic heterocycles. The molecule has 0 spiro atoms. The first-order valence-corrected chi connectivity index (χ1v) is 8.54. The number of nitro groups is 1. The number of methoxy groups -OCH3 is 1. The molecule has 0 aliphatic carbocycles. The van der Waals surface area contributed by atoms with Gasteiger partial charge in [-0.3, -0.25) is 15.0 Å². The van der Waals surface area contributed by atoms with Crippen molar-refractivity contribution in [2.75, 3.05) is 20.8 Å². The summed E-state index contributed by atoms with van der Waals surface area (Å²) in [4.78, 5) is 12.6. The van der Waals surface area contributed by atoms with Crippen LogP contribution in [0.5, 0.6) is 17.2 Å². The zero-order valence-corrected chi connectivity index (χ0v) is 15.9. The van der Waals surface area contributed by atoms with E-state index in [1.54, 1.807) is 7.05 Å². The van der Waals surface area contributed by atoms with Crippen molar-refractivity contribution >= 4 is 5.69 Å². The lowest BCUT2D eigenvalue weighted by molar-refractivity contribution is -0.385. The van der Waals surface area contributed by atoms with E-state index >= 15 is 0 Å². The number of rotatable bonds is 10. The van der Waals surface area contributed by atoms with Gasteiger partial charge in [-0.1, -0.05) is 12.1 Å². The van der Waals surface area contributed by atoms with Gasteiger partial charge in [0, 0.05) is 18.7 Å². The third kappa shape index (κ3) is 5.78. The second-order valence-corrected chi connectivity index (χ2v) is 6.02.